The Morgan fingerprint density at radius 2 is 1.88 bits per heavy atom. The zero-order valence-corrected chi connectivity index (χ0v) is 15.1. The third-order valence-electron chi connectivity index (χ3n) is 4.43. The van der Waals surface area contributed by atoms with Gasteiger partial charge in [0, 0.05) is 37.0 Å². The van der Waals surface area contributed by atoms with Crippen LogP contribution in [0.2, 0.25) is 0 Å². The summed E-state index contributed by atoms with van der Waals surface area (Å²) in [7, 11) is 1.62. The number of amides is 1. The lowest BCUT2D eigenvalue weighted by atomic mass is 9.94. The normalized spacial score (nSPS) is 16.8. The van der Waals surface area contributed by atoms with Gasteiger partial charge in [0.1, 0.15) is 17.2 Å². The molecule has 1 unspecified atom stereocenters. The van der Waals surface area contributed by atoms with E-state index in [0.29, 0.717) is 23.7 Å². The molecule has 136 valence electrons. The molecular formula is C20H23N3O3. The number of methoxy groups -OCH3 is 1. The van der Waals surface area contributed by atoms with Crippen molar-refractivity contribution >= 4 is 5.91 Å². The predicted octanol–water partition coefficient (Wildman–Crippen LogP) is 3.56. The number of likely N-dealkylation sites (tertiary alicyclic amines) is 1. The molecule has 0 saturated carbocycles. The summed E-state index contributed by atoms with van der Waals surface area (Å²) in [5, 5.41) is 0. The largest absolute Gasteiger partial charge is 0.497 e. The van der Waals surface area contributed by atoms with E-state index in [1.807, 2.05) is 29.2 Å². The van der Waals surface area contributed by atoms with Crippen molar-refractivity contribution in [1.82, 2.24) is 14.9 Å². The molecule has 1 aliphatic heterocycles. The second-order valence-corrected chi connectivity index (χ2v) is 6.39. The first kappa shape index (κ1) is 17.9. The van der Waals surface area contributed by atoms with E-state index in [-0.39, 0.29) is 11.8 Å². The monoisotopic (exact) mass is 353 g/mol. The topological polar surface area (TPSA) is 64.6 Å². The van der Waals surface area contributed by atoms with Crippen molar-refractivity contribution in [3.63, 3.8) is 0 Å². The molecule has 0 N–H and O–H groups in total. The fourth-order valence-electron chi connectivity index (χ4n) is 3.10. The summed E-state index contributed by atoms with van der Waals surface area (Å²) >= 11 is 0. The Kier molecular flexibility index (Phi) is 5.51. The molecule has 0 spiro atoms. The van der Waals surface area contributed by atoms with Crippen LogP contribution in [0.5, 0.6) is 17.4 Å². The highest BCUT2D eigenvalue weighted by Crippen LogP contribution is 2.33. The van der Waals surface area contributed by atoms with Crippen molar-refractivity contribution in [3.8, 4) is 17.4 Å². The third-order valence-corrected chi connectivity index (χ3v) is 4.43. The summed E-state index contributed by atoms with van der Waals surface area (Å²) in [6, 6.07) is 7.32. The number of piperidine rings is 1. The summed E-state index contributed by atoms with van der Waals surface area (Å²) < 4.78 is 11.1. The molecule has 1 fully saturated rings. The van der Waals surface area contributed by atoms with Gasteiger partial charge in [0.25, 0.3) is 0 Å². The van der Waals surface area contributed by atoms with E-state index in [2.05, 4.69) is 16.5 Å². The minimum Gasteiger partial charge on any atom is -0.497 e. The molecule has 1 amide bonds. The number of benzene rings is 1. The fourth-order valence-corrected chi connectivity index (χ4v) is 3.10. The van der Waals surface area contributed by atoms with E-state index in [1.165, 1.54) is 0 Å². The van der Waals surface area contributed by atoms with Gasteiger partial charge < -0.3 is 14.4 Å². The van der Waals surface area contributed by atoms with Gasteiger partial charge in [0.05, 0.1) is 7.11 Å². The average Bonchev–Trinajstić information content (AvgIpc) is 2.68. The van der Waals surface area contributed by atoms with Crippen LogP contribution < -0.4 is 9.47 Å². The Hall–Kier alpha value is -2.89. The van der Waals surface area contributed by atoms with Crippen LogP contribution in [-0.4, -0.2) is 41.0 Å². The second-order valence-electron chi connectivity index (χ2n) is 6.39. The van der Waals surface area contributed by atoms with E-state index in [4.69, 9.17) is 9.47 Å². The summed E-state index contributed by atoms with van der Waals surface area (Å²) in [5.41, 5.74) is 1.34. The maximum absolute atomic E-state index is 12.3. The molecule has 26 heavy (non-hydrogen) atoms. The molecular weight excluding hydrogens is 330 g/mol. The Bertz CT molecular complexity index is 789. The molecule has 3 rings (SSSR count). The van der Waals surface area contributed by atoms with Gasteiger partial charge in [-0.05, 0) is 44.0 Å². The number of rotatable bonds is 5. The van der Waals surface area contributed by atoms with Crippen molar-refractivity contribution < 1.29 is 14.3 Å². The van der Waals surface area contributed by atoms with Crippen molar-refractivity contribution in [1.29, 1.82) is 0 Å². The van der Waals surface area contributed by atoms with Gasteiger partial charge in [0.15, 0.2) is 0 Å². The van der Waals surface area contributed by atoms with Crippen molar-refractivity contribution in [3.05, 3.63) is 54.5 Å². The van der Waals surface area contributed by atoms with E-state index in [9.17, 15) is 4.79 Å². The van der Waals surface area contributed by atoms with Gasteiger partial charge in [-0.2, -0.15) is 0 Å². The average molecular weight is 353 g/mol. The highest BCUT2D eigenvalue weighted by atomic mass is 16.5. The first-order chi connectivity index (χ1) is 12.6. The van der Waals surface area contributed by atoms with Gasteiger partial charge in [-0.25, -0.2) is 4.98 Å². The number of hydrogen-bond donors (Lipinski definition) is 0. The minimum atomic E-state index is -0.00351. The van der Waals surface area contributed by atoms with E-state index < -0.39 is 0 Å². The van der Waals surface area contributed by atoms with Crippen LogP contribution >= 0.6 is 0 Å². The van der Waals surface area contributed by atoms with Gasteiger partial charge in [-0.1, -0.05) is 6.58 Å². The molecule has 1 saturated heterocycles. The predicted molar refractivity (Wildman–Crippen MR) is 98.5 cm³/mol. The zero-order valence-electron chi connectivity index (χ0n) is 15.1. The molecule has 0 bridgehead atoms. The maximum Gasteiger partial charge on any atom is 0.248 e. The summed E-state index contributed by atoms with van der Waals surface area (Å²) in [6.07, 6.45) is 5.14. The van der Waals surface area contributed by atoms with Crippen LogP contribution in [0.15, 0.2) is 48.8 Å². The molecule has 6 heteroatoms. The van der Waals surface area contributed by atoms with Crippen molar-refractivity contribution in [2.45, 2.75) is 25.7 Å². The number of carbonyl (C=O) groups is 1. The highest BCUT2D eigenvalue weighted by molar-refractivity contribution is 5.92. The van der Waals surface area contributed by atoms with Gasteiger partial charge >= 0.3 is 0 Å². The maximum atomic E-state index is 12.3. The molecule has 1 aliphatic rings. The lowest BCUT2D eigenvalue weighted by Crippen LogP contribution is -2.39. The van der Waals surface area contributed by atoms with Crippen LogP contribution in [0, 0.1) is 0 Å². The summed E-state index contributed by atoms with van der Waals surface area (Å²) in [5.74, 6) is 1.99. The summed E-state index contributed by atoms with van der Waals surface area (Å²) in [4.78, 5) is 23.0. The fraction of sp³-hybridized carbons (Fsp3) is 0.350. The number of ether oxygens (including phenoxy) is 2. The lowest BCUT2D eigenvalue weighted by molar-refractivity contribution is -0.128. The molecule has 2 aromatic rings. The third kappa shape index (κ3) is 4.02. The molecule has 2 heterocycles. The molecule has 1 atom stereocenters. The number of carbonyl (C=O) groups excluding carboxylic acids is 1. The molecule has 0 radical (unpaired) electrons. The van der Waals surface area contributed by atoms with Crippen LogP contribution in [0.3, 0.4) is 0 Å². The molecule has 1 aromatic heterocycles. The van der Waals surface area contributed by atoms with Crippen LogP contribution in [-0.2, 0) is 4.79 Å². The van der Waals surface area contributed by atoms with Crippen molar-refractivity contribution in [2.24, 2.45) is 0 Å². The van der Waals surface area contributed by atoms with Gasteiger partial charge in [0.2, 0.25) is 11.8 Å². The molecule has 1 aromatic carbocycles. The van der Waals surface area contributed by atoms with Gasteiger partial charge in [-0.3, -0.25) is 9.78 Å². The van der Waals surface area contributed by atoms with Crippen LogP contribution in [0.25, 0.3) is 0 Å². The number of aromatic nitrogens is 2. The summed E-state index contributed by atoms with van der Waals surface area (Å²) in [6.45, 7) is 6.85. The second kappa shape index (κ2) is 7.99. The Morgan fingerprint density at radius 3 is 2.58 bits per heavy atom. The van der Waals surface area contributed by atoms with Crippen LogP contribution in [0.1, 0.15) is 31.4 Å². The van der Waals surface area contributed by atoms with E-state index >= 15 is 0 Å². The Labute approximate surface area is 153 Å². The van der Waals surface area contributed by atoms with Gasteiger partial charge in [-0.15, -0.1) is 0 Å². The SMILES string of the molecule is C=C(C)C(=O)N1CCCC(c2nccnc2Oc2ccc(OC)cc2)C1. The lowest BCUT2D eigenvalue weighted by Gasteiger charge is -2.32. The first-order valence-electron chi connectivity index (χ1n) is 8.66. The zero-order chi connectivity index (χ0) is 18.5. The Morgan fingerprint density at radius 1 is 1.19 bits per heavy atom. The van der Waals surface area contributed by atoms with Crippen molar-refractivity contribution in [2.75, 3.05) is 20.2 Å². The highest BCUT2D eigenvalue weighted by Gasteiger charge is 2.28. The minimum absolute atomic E-state index is 0.00351. The molecule has 6 nitrogen and oxygen atoms in total. The van der Waals surface area contributed by atoms with E-state index in [0.717, 1.165) is 30.8 Å². The van der Waals surface area contributed by atoms with Crippen LogP contribution in [0.4, 0.5) is 0 Å². The first-order valence-corrected chi connectivity index (χ1v) is 8.66. The van der Waals surface area contributed by atoms with E-state index in [1.54, 1.807) is 26.4 Å². The molecule has 0 aliphatic carbocycles. The number of hydrogen-bond acceptors (Lipinski definition) is 5. The Balaban J connectivity index is 1.79. The smallest absolute Gasteiger partial charge is 0.248 e. The number of nitrogens with zero attached hydrogens (tertiary/aromatic N) is 3. The quantitative estimate of drug-likeness (QED) is 0.769. The standard InChI is InChI=1S/C20H23N3O3/c1-14(2)20(24)23-12-4-5-15(13-23)18-19(22-11-10-21-18)26-17-8-6-16(25-3)7-9-17/h6-11,15H,1,4-5,12-13H2,2-3H3.